The molecule has 25 heavy (non-hydrogen) atoms. The monoisotopic (exact) mass is 365 g/mol. The van der Waals surface area contributed by atoms with Crippen LogP contribution in [0, 0.1) is 5.82 Å². The Morgan fingerprint density at radius 2 is 2.16 bits per heavy atom. The van der Waals surface area contributed by atoms with Crippen molar-refractivity contribution in [3.63, 3.8) is 0 Å². The Bertz CT molecular complexity index is 801. The molecule has 1 aliphatic rings. The Morgan fingerprint density at radius 1 is 1.40 bits per heavy atom. The minimum Gasteiger partial charge on any atom is -0.462 e. The van der Waals surface area contributed by atoms with Crippen LogP contribution in [0.3, 0.4) is 0 Å². The fraction of sp³-hybridized carbons (Fsp3) is 0.444. The molecule has 0 aliphatic heterocycles. The molecule has 0 spiro atoms. The minimum atomic E-state index is -0.437. The maximum atomic E-state index is 14.4. The van der Waals surface area contributed by atoms with Crippen LogP contribution in [0.15, 0.2) is 18.2 Å². The molecule has 134 valence electrons. The SMILES string of the molecule is CCOC(=O)c1sc2cccc(F)c2c1C[NH+](C)CC(=O)NC1CC1. The molecule has 1 unspecified atom stereocenters. The van der Waals surface area contributed by atoms with E-state index < -0.39 is 5.97 Å². The van der Waals surface area contributed by atoms with Crippen LogP contribution in [-0.2, 0) is 16.1 Å². The highest BCUT2D eigenvalue weighted by Gasteiger charge is 2.27. The molecule has 1 heterocycles. The van der Waals surface area contributed by atoms with E-state index in [1.807, 2.05) is 7.05 Å². The number of rotatable bonds is 7. The summed E-state index contributed by atoms with van der Waals surface area (Å²) in [6, 6.07) is 5.13. The van der Waals surface area contributed by atoms with Crippen molar-refractivity contribution in [1.29, 1.82) is 0 Å². The predicted octanol–water partition coefficient (Wildman–Crippen LogP) is 1.51. The molecule has 1 atom stereocenters. The Hall–Kier alpha value is -1.99. The minimum absolute atomic E-state index is 0.0160. The Morgan fingerprint density at radius 3 is 2.84 bits per heavy atom. The summed E-state index contributed by atoms with van der Waals surface area (Å²) in [4.78, 5) is 25.6. The number of halogens is 1. The zero-order valence-electron chi connectivity index (χ0n) is 14.4. The number of fused-ring (bicyclic) bond motifs is 1. The van der Waals surface area contributed by atoms with Crippen LogP contribution in [0.1, 0.15) is 35.0 Å². The van der Waals surface area contributed by atoms with Crippen molar-refractivity contribution < 1.29 is 23.6 Å². The number of quaternary nitrogens is 1. The molecule has 1 amide bonds. The van der Waals surface area contributed by atoms with E-state index in [2.05, 4.69) is 5.32 Å². The van der Waals surface area contributed by atoms with E-state index >= 15 is 0 Å². The number of esters is 1. The number of carbonyl (C=O) groups excluding carboxylic acids is 2. The predicted molar refractivity (Wildman–Crippen MR) is 94.4 cm³/mol. The summed E-state index contributed by atoms with van der Waals surface area (Å²) < 4.78 is 20.2. The largest absolute Gasteiger partial charge is 0.462 e. The molecule has 1 aliphatic carbocycles. The summed E-state index contributed by atoms with van der Waals surface area (Å²) in [7, 11) is 1.87. The first kappa shape index (κ1) is 17.8. The lowest BCUT2D eigenvalue weighted by Gasteiger charge is -2.14. The molecular formula is C18H22FN2O3S+. The van der Waals surface area contributed by atoms with E-state index in [0.29, 0.717) is 33.1 Å². The van der Waals surface area contributed by atoms with Crippen LogP contribution in [0.2, 0.25) is 0 Å². The van der Waals surface area contributed by atoms with Crippen LogP contribution in [0.25, 0.3) is 10.1 Å². The van der Waals surface area contributed by atoms with Gasteiger partial charge in [0, 0.05) is 21.7 Å². The second kappa shape index (κ2) is 7.49. The van der Waals surface area contributed by atoms with Gasteiger partial charge in [-0.1, -0.05) is 6.07 Å². The van der Waals surface area contributed by atoms with Gasteiger partial charge in [-0.05, 0) is 31.9 Å². The Labute approximate surface area is 149 Å². The van der Waals surface area contributed by atoms with E-state index in [9.17, 15) is 14.0 Å². The number of hydrogen-bond donors (Lipinski definition) is 2. The normalized spacial score (nSPS) is 15.2. The van der Waals surface area contributed by atoms with Crippen molar-refractivity contribution in [2.75, 3.05) is 20.2 Å². The number of amides is 1. The number of likely N-dealkylation sites (N-methyl/N-ethyl adjacent to an activating group) is 1. The van der Waals surface area contributed by atoms with E-state index in [1.165, 1.54) is 17.4 Å². The van der Waals surface area contributed by atoms with E-state index in [0.717, 1.165) is 17.7 Å². The molecule has 2 N–H and O–H groups in total. The molecule has 1 saturated carbocycles. The highest BCUT2D eigenvalue weighted by Crippen LogP contribution is 2.33. The first-order valence-electron chi connectivity index (χ1n) is 8.47. The van der Waals surface area contributed by atoms with Gasteiger partial charge in [0.1, 0.15) is 17.2 Å². The molecule has 0 saturated heterocycles. The average Bonchev–Trinajstić information content (AvgIpc) is 3.27. The molecule has 0 radical (unpaired) electrons. The van der Waals surface area contributed by atoms with Gasteiger partial charge in [-0.25, -0.2) is 9.18 Å². The number of nitrogens with one attached hydrogen (secondary N) is 2. The lowest BCUT2D eigenvalue weighted by molar-refractivity contribution is -0.885. The quantitative estimate of drug-likeness (QED) is 0.732. The molecule has 1 fully saturated rings. The number of hydrogen-bond acceptors (Lipinski definition) is 4. The number of carbonyl (C=O) groups is 2. The van der Waals surface area contributed by atoms with E-state index in [4.69, 9.17) is 4.74 Å². The second-order valence-corrected chi connectivity index (χ2v) is 7.45. The van der Waals surface area contributed by atoms with Gasteiger partial charge in [0.2, 0.25) is 0 Å². The van der Waals surface area contributed by atoms with Crippen molar-refractivity contribution in [2.45, 2.75) is 32.4 Å². The van der Waals surface area contributed by atoms with Crippen LogP contribution >= 0.6 is 11.3 Å². The number of thiophene rings is 1. The number of benzene rings is 1. The van der Waals surface area contributed by atoms with Gasteiger partial charge in [0.15, 0.2) is 6.54 Å². The summed E-state index contributed by atoms with van der Waals surface area (Å²) in [6.45, 7) is 2.67. The van der Waals surface area contributed by atoms with Gasteiger partial charge in [-0.15, -0.1) is 11.3 Å². The topological polar surface area (TPSA) is 59.8 Å². The average molecular weight is 365 g/mol. The summed E-state index contributed by atoms with van der Waals surface area (Å²) in [5.74, 6) is -0.805. The fourth-order valence-electron chi connectivity index (χ4n) is 2.84. The molecule has 1 aromatic carbocycles. The van der Waals surface area contributed by atoms with E-state index in [1.54, 1.807) is 19.1 Å². The zero-order chi connectivity index (χ0) is 18.0. The van der Waals surface area contributed by atoms with Crippen molar-refractivity contribution in [1.82, 2.24) is 5.32 Å². The third-order valence-corrected chi connectivity index (χ3v) is 5.28. The summed E-state index contributed by atoms with van der Waals surface area (Å²) >= 11 is 1.24. The van der Waals surface area contributed by atoms with Gasteiger partial charge < -0.3 is 15.0 Å². The molecule has 7 heteroatoms. The molecule has 3 rings (SSSR count). The van der Waals surface area contributed by atoms with Crippen LogP contribution in [0.5, 0.6) is 0 Å². The maximum Gasteiger partial charge on any atom is 0.348 e. The highest BCUT2D eigenvalue weighted by molar-refractivity contribution is 7.21. The Kier molecular flexibility index (Phi) is 5.34. The lowest BCUT2D eigenvalue weighted by atomic mass is 10.1. The molecular weight excluding hydrogens is 343 g/mol. The van der Waals surface area contributed by atoms with Crippen molar-refractivity contribution >= 4 is 33.3 Å². The smallest absolute Gasteiger partial charge is 0.348 e. The fourth-order valence-corrected chi connectivity index (χ4v) is 3.97. The van der Waals surface area contributed by atoms with Crippen molar-refractivity contribution in [2.24, 2.45) is 0 Å². The zero-order valence-corrected chi connectivity index (χ0v) is 15.2. The summed E-state index contributed by atoms with van der Waals surface area (Å²) in [6.07, 6.45) is 2.08. The summed E-state index contributed by atoms with van der Waals surface area (Å²) in [5, 5.41) is 3.40. The van der Waals surface area contributed by atoms with Crippen LogP contribution < -0.4 is 10.2 Å². The standard InChI is InChI=1S/C18H21FN2O3S/c1-3-24-18(23)17-12(16-13(19)5-4-6-14(16)25-17)9-21(2)10-15(22)20-11-7-8-11/h4-6,11H,3,7-10H2,1-2H3,(H,20,22)/p+1. The van der Waals surface area contributed by atoms with Gasteiger partial charge in [0.05, 0.1) is 13.7 Å². The van der Waals surface area contributed by atoms with Gasteiger partial charge in [-0.2, -0.15) is 0 Å². The molecule has 2 aromatic rings. The van der Waals surface area contributed by atoms with Gasteiger partial charge in [0.25, 0.3) is 5.91 Å². The third kappa shape index (κ3) is 4.16. The van der Waals surface area contributed by atoms with Gasteiger partial charge >= 0.3 is 5.97 Å². The molecule has 0 bridgehead atoms. The van der Waals surface area contributed by atoms with E-state index in [-0.39, 0.29) is 24.9 Å². The first-order valence-corrected chi connectivity index (χ1v) is 9.29. The Balaban J connectivity index is 1.85. The highest BCUT2D eigenvalue weighted by atomic mass is 32.1. The molecule has 5 nitrogen and oxygen atoms in total. The third-order valence-electron chi connectivity index (χ3n) is 4.11. The van der Waals surface area contributed by atoms with Crippen molar-refractivity contribution in [3.05, 3.63) is 34.5 Å². The summed E-state index contributed by atoms with van der Waals surface area (Å²) in [5.41, 5.74) is 0.619. The van der Waals surface area contributed by atoms with Crippen LogP contribution in [0.4, 0.5) is 4.39 Å². The second-order valence-electron chi connectivity index (χ2n) is 6.40. The first-order chi connectivity index (χ1) is 12.0. The van der Waals surface area contributed by atoms with Crippen molar-refractivity contribution in [3.8, 4) is 0 Å². The van der Waals surface area contributed by atoms with Crippen LogP contribution in [-0.4, -0.2) is 38.1 Å². The lowest BCUT2D eigenvalue weighted by Crippen LogP contribution is -3.09. The molecule has 1 aromatic heterocycles. The van der Waals surface area contributed by atoms with Gasteiger partial charge in [-0.3, -0.25) is 4.79 Å². The maximum absolute atomic E-state index is 14.4. The number of ether oxygens (including phenoxy) is 1.